The summed E-state index contributed by atoms with van der Waals surface area (Å²) in [5.74, 6) is 0.214. The topological polar surface area (TPSA) is 38.9 Å². The molecule has 3 heteroatoms. The lowest BCUT2D eigenvalue weighted by Crippen LogP contribution is -2.13. The molecule has 0 amide bonds. The lowest BCUT2D eigenvalue weighted by Gasteiger charge is -2.15. The number of halogens is 1. The predicted molar refractivity (Wildman–Crippen MR) is 69.3 cm³/mol. The Balaban J connectivity index is 2.37. The van der Waals surface area contributed by atoms with E-state index in [1.54, 1.807) is 6.20 Å². The van der Waals surface area contributed by atoms with Crippen LogP contribution in [0.15, 0.2) is 53.3 Å². The Kier molecular flexibility index (Phi) is 3.70. The highest BCUT2D eigenvalue weighted by molar-refractivity contribution is 9.10. The summed E-state index contributed by atoms with van der Waals surface area (Å²) < 4.78 is 0.986. The van der Waals surface area contributed by atoms with Crippen molar-refractivity contribution >= 4 is 15.9 Å². The Morgan fingerprint density at radius 3 is 2.50 bits per heavy atom. The quantitative estimate of drug-likeness (QED) is 0.936. The number of rotatable bonds is 3. The molecule has 2 nitrogen and oxygen atoms in total. The Bertz CT molecular complexity index is 456. The van der Waals surface area contributed by atoms with Gasteiger partial charge in [0.15, 0.2) is 0 Å². The van der Waals surface area contributed by atoms with E-state index in [9.17, 15) is 0 Å². The summed E-state index contributed by atoms with van der Waals surface area (Å²) in [6.45, 7) is 0.585. The van der Waals surface area contributed by atoms with Crippen LogP contribution in [0.2, 0.25) is 0 Å². The number of pyridine rings is 1. The lowest BCUT2D eigenvalue weighted by atomic mass is 9.93. The maximum atomic E-state index is 5.84. The molecule has 1 unspecified atom stereocenters. The van der Waals surface area contributed by atoms with Crippen molar-refractivity contribution in [3.05, 3.63) is 64.4 Å². The van der Waals surface area contributed by atoms with Crippen molar-refractivity contribution in [3.8, 4) is 0 Å². The average Bonchev–Trinajstić information content (AvgIpc) is 2.31. The molecule has 1 atom stereocenters. The number of nitrogens with zero attached hydrogens (tertiary/aromatic N) is 1. The molecule has 0 radical (unpaired) electrons. The minimum absolute atomic E-state index is 0.214. The van der Waals surface area contributed by atoms with E-state index in [-0.39, 0.29) is 5.92 Å². The van der Waals surface area contributed by atoms with E-state index in [0.29, 0.717) is 6.54 Å². The molecule has 1 aromatic heterocycles. The van der Waals surface area contributed by atoms with Crippen molar-refractivity contribution < 1.29 is 0 Å². The van der Waals surface area contributed by atoms with E-state index in [1.165, 1.54) is 5.56 Å². The molecule has 0 saturated heterocycles. The summed E-state index contributed by atoms with van der Waals surface area (Å²) >= 11 is 3.43. The molecule has 2 aromatic rings. The molecule has 2 N–H and O–H groups in total. The monoisotopic (exact) mass is 276 g/mol. The summed E-state index contributed by atoms with van der Waals surface area (Å²) in [7, 11) is 0. The molecule has 0 aliphatic carbocycles. The SMILES string of the molecule is NCC(c1ccccc1)c1cncc(Br)c1. The molecular formula is C13H13BrN2. The molecular weight excluding hydrogens is 264 g/mol. The van der Waals surface area contributed by atoms with Crippen LogP contribution in [0.25, 0.3) is 0 Å². The Morgan fingerprint density at radius 2 is 1.88 bits per heavy atom. The fourth-order valence-corrected chi connectivity index (χ4v) is 2.15. The number of benzene rings is 1. The molecule has 0 aliphatic rings. The minimum atomic E-state index is 0.214. The zero-order valence-electron chi connectivity index (χ0n) is 8.81. The molecule has 82 valence electrons. The zero-order chi connectivity index (χ0) is 11.4. The summed E-state index contributed by atoms with van der Waals surface area (Å²) in [6.07, 6.45) is 3.65. The van der Waals surface area contributed by atoms with Crippen LogP contribution in [0, 0.1) is 0 Å². The van der Waals surface area contributed by atoms with Crippen molar-refractivity contribution in [1.29, 1.82) is 0 Å². The van der Waals surface area contributed by atoms with E-state index in [1.807, 2.05) is 24.4 Å². The highest BCUT2D eigenvalue weighted by Crippen LogP contribution is 2.24. The average molecular weight is 277 g/mol. The van der Waals surface area contributed by atoms with Crippen LogP contribution in [0.4, 0.5) is 0 Å². The zero-order valence-corrected chi connectivity index (χ0v) is 10.4. The van der Waals surface area contributed by atoms with Crippen LogP contribution >= 0.6 is 15.9 Å². The van der Waals surface area contributed by atoms with Crippen molar-refractivity contribution in [3.63, 3.8) is 0 Å². The molecule has 0 aliphatic heterocycles. The Labute approximate surface area is 104 Å². The van der Waals surface area contributed by atoms with Crippen molar-refractivity contribution in [2.75, 3.05) is 6.54 Å². The van der Waals surface area contributed by atoms with Crippen LogP contribution in [-0.4, -0.2) is 11.5 Å². The van der Waals surface area contributed by atoms with Crippen LogP contribution in [0.3, 0.4) is 0 Å². The van der Waals surface area contributed by atoms with Gasteiger partial charge in [-0.15, -0.1) is 0 Å². The first-order chi connectivity index (χ1) is 7.81. The van der Waals surface area contributed by atoms with Gasteiger partial charge in [-0.1, -0.05) is 30.3 Å². The third kappa shape index (κ3) is 2.49. The fourth-order valence-electron chi connectivity index (χ4n) is 1.77. The van der Waals surface area contributed by atoms with Gasteiger partial charge in [-0.2, -0.15) is 0 Å². The summed E-state index contributed by atoms with van der Waals surface area (Å²) in [6, 6.07) is 12.3. The third-order valence-electron chi connectivity index (χ3n) is 2.57. The van der Waals surface area contributed by atoms with E-state index in [2.05, 4.69) is 39.1 Å². The van der Waals surface area contributed by atoms with Gasteiger partial charge < -0.3 is 5.73 Å². The van der Waals surface area contributed by atoms with E-state index < -0.39 is 0 Å². The van der Waals surface area contributed by atoms with Crippen LogP contribution in [-0.2, 0) is 0 Å². The van der Waals surface area contributed by atoms with Crippen LogP contribution < -0.4 is 5.73 Å². The molecule has 1 heterocycles. The van der Waals surface area contributed by atoms with Gasteiger partial charge in [-0.3, -0.25) is 4.98 Å². The van der Waals surface area contributed by atoms with Crippen molar-refractivity contribution in [2.24, 2.45) is 5.73 Å². The lowest BCUT2D eigenvalue weighted by molar-refractivity contribution is 0.812. The highest BCUT2D eigenvalue weighted by atomic mass is 79.9. The van der Waals surface area contributed by atoms with Crippen LogP contribution in [0.1, 0.15) is 17.0 Å². The predicted octanol–water partition coefficient (Wildman–Crippen LogP) is 2.93. The molecule has 0 bridgehead atoms. The molecule has 1 aromatic carbocycles. The first-order valence-corrected chi connectivity index (χ1v) is 5.96. The second-order valence-electron chi connectivity index (χ2n) is 3.64. The number of aromatic nitrogens is 1. The summed E-state index contributed by atoms with van der Waals surface area (Å²) in [4.78, 5) is 4.18. The van der Waals surface area contributed by atoms with Gasteiger partial charge in [0.25, 0.3) is 0 Å². The van der Waals surface area contributed by atoms with Gasteiger partial charge in [0, 0.05) is 29.3 Å². The molecule has 0 fully saturated rings. The first-order valence-electron chi connectivity index (χ1n) is 5.16. The number of hydrogen-bond donors (Lipinski definition) is 1. The van der Waals surface area contributed by atoms with E-state index in [4.69, 9.17) is 5.73 Å². The van der Waals surface area contributed by atoms with Gasteiger partial charge in [-0.25, -0.2) is 0 Å². The van der Waals surface area contributed by atoms with Gasteiger partial charge >= 0.3 is 0 Å². The fraction of sp³-hybridized carbons (Fsp3) is 0.154. The van der Waals surface area contributed by atoms with Gasteiger partial charge in [0.05, 0.1) is 0 Å². The second-order valence-corrected chi connectivity index (χ2v) is 4.55. The van der Waals surface area contributed by atoms with Crippen LogP contribution in [0.5, 0.6) is 0 Å². The third-order valence-corrected chi connectivity index (χ3v) is 3.00. The Hall–Kier alpha value is -1.19. The van der Waals surface area contributed by atoms with Crippen molar-refractivity contribution in [1.82, 2.24) is 4.98 Å². The smallest absolute Gasteiger partial charge is 0.0410 e. The molecule has 16 heavy (non-hydrogen) atoms. The highest BCUT2D eigenvalue weighted by Gasteiger charge is 2.12. The van der Waals surface area contributed by atoms with Crippen molar-refractivity contribution in [2.45, 2.75) is 5.92 Å². The molecule has 2 rings (SSSR count). The number of nitrogens with two attached hydrogens (primary N) is 1. The maximum Gasteiger partial charge on any atom is 0.0410 e. The number of hydrogen-bond acceptors (Lipinski definition) is 2. The van der Waals surface area contributed by atoms with E-state index in [0.717, 1.165) is 10.0 Å². The maximum absolute atomic E-state index is 5.84. The summed E-state index contributed by atoms with van der Waals surface area (Å²) in [5, 5.41) is 0. The normalized spacial score (nSPS) is 12.4. The first kappa shape index (κ1) is 11.3. The van der Waals surface area contributed by atoms with E-state index >= 15 is 0 Å². The minimum Gasteiger partial charge on any atom is -0.330 e. The Morgan fingerprint density at radius 1 is 1.12 bits per heavy atom. The summed E-state index contributed by atoms with van der Waals surface area (Å²) in [5.41, 5.74) is 8.21. The van der Waals surface area contributed by atoms with Gasteiger partial charge in [0.2, 0.25) is 0 Å². The standard InChI is InChI=1S/C13H13BrN2/c14-12-6-11(8-16-9-12)13(7-15)10-4-2-1-3-5-10/h1-6,8-9,13H,7,15H2. The second kappa shape index (κ2) is 5.23. The molecule has 0 saturated carbocycles. The largest absolute Gasteiger partial charge is 0.330 e. The van der Waals surface area contributed by atoms with Gasteiger partial charge in [0.1, 0.15) is 0 Å². The molecule has 0 spiro atoms. The van der Waals surface area contributed by atoms with Gasteiger partial charge in [-0.05, 0) is 33.1 Å².